The lowest BCUT2D eigenvalue weighted by molar-refractivity contribution is -0.00513. The summed E-state index contributed by atoms with van der Waals surface area (Å²) in [5, 5.41) is 12.2. The summed E-state index contributed by atoms with van der Waals surface area (Å²) < 4.78 is 11.8. The van der Waals surface area contributed by atoms with Gasteiger partial charge in [0.15, 0.2) is 0 Å². The van der Waals surface area contributed by atoms with E-state index in [1.807, 2.05) is 18.2 Å². The summed E-state index contributed by atoms with van der Waals surface area (Å²) in [5.41, 5.74) is 3.68. The van der Waals surface area contributed by atoms with Crippen LogP contribution in [0.1, 0.15) is 80.1 Å². The zero-order chi connectivity index (χ0) is 26.1. The Labute approximate surface area is 226 Å². The molecule has 0 aromatic heterocycles. The van der Waals surface area contributed by atoms with Crippen molar-refractivity contribution in [3.05, 3.63) is 65.7 Å². The zero-order valence-corrected chi connectivity index (χ0v) is 22.6. The Balaban J connectivity index is 1.38. The number of carboxylic acid groups (broad SMARTS) is 1. The van der Waals surface area contributed by atoms with Gasteiger partial charge in [-0.1, -0.05) is 42.8 Å². The van der Waals surface area contributed by atoms with Crippen molar-refractivity contribution in [3.8, 4) is 16.9 Å². The molecule has 0 spiro atoms. The number of unbranched alkanes of at least 4 members (excludes halogenated alkanes) is 3. The van der Waals surface area contributed by atoms with Crippen molar-refractivity contribution in [2.45, 2.75) is 69.6 Å². The van der Waals surface area contributed by atoms with Crippen LogP contribution in [0.25, 0.3) is 21.9 Å². The summed E-state index contributed by atoms with van der Waals surface area (Å²) >= 11 is 0. The number of fused-ring (bicyclic) bond motifs is 1. The summed E-state index contributed by atoms with van der Waals surface area (Å²) in [6, 6.07) is 18.5. The van der Waals surface area contributed by atoms with E-state index in [9.17, 15) is 9.90 Å². The summed E-state index contributed by atoms with van der Waals surface area (Å²) in [4.78, 5) is 12.1. The smallest absolute Gasteiger partial charge is 0.336 e. The van der Waals surface area contributed by atoms with E-state index in [2.05, 4.69) is 24.3 Å². The first-order valence-electron chi connectivity index (χ1n) is 14.6. The van der Waals surface area contributed by atoms with Crippen molar-refractivity contribution in [3.63, 3.8) is 0 Å². The lowest BCUT2D eigenvalue weighted by Crippen LogP contribution is -2.48. The van der Waals surface area contributed by atoms with Gasteiger partial charge in [-0.2, -0.15) is 0 Å². The number of aromatic carboxylic acids is 1. The second kappa shape index (κ2) is 10.7. The third kappa shape index (κ3) is 4.84. The van der Waals surface area contributed by atoms with E-state index < -0.39 is 5.97 Å². The predicted octanol–water partition coefficient (Wildman–Crippen LogP) is 8.26. The second-order valence-corrected chi connectivity index (χ2v) is 12.2. The quantitative estimate of drug-likeness (QED) is 0.263. The first-order chi connectivity index (χ1) is 18.6. The van der Waals surface area contributed by atoms with E-state index in [4.69, 9.17) is 9.47 Å². The normalized spacial score (nSPS) is 25.7. The summed E-state index contributed by atoms with van der Waals surface area (Å²) in [7, 11) is 1.75. The van der Waals surface area contributed by atoms with Gasteiger partial charge < -0.3 is 14.6 Å². The summed E-state index contributed by atoms with van der Waals surface area (Å²) in [6.45, 7) is 1.42. The maximum atomic E-state index is 12.1. The largest absolute Gasteiger partial charge is 0.492 e. The van der Waals surface area contributed by atoms with Crippen LogP contribution in [0.15, 0.2) is 54.6 Å². The molecule has 0 saturated heterocycles. The number of benzene rings is 3. The maximum absolute atomic E-state index is 12.1. The standard InChI is InChI=1S/C34H40O4/c1-37-14-6-2-3-7-15-38-32-29(28-8-4-5-9-30(28)33(35)36)13-11-26-10-12-27(19-31(26)32)34-20-23-16-24(21-34)18-25(17-23)22-34/h4-5,8-13,19,23-25H,2-3,6-7,14-18,20-22H2,1H3,(H,35,36). The minimum atomic E-state index is -0.910. The van der Waals surface area contributed by atoms with Crippen LogP contribution >= 0.6 is 0 Å². The molecule has 3 aromatic carbocycles. The molecule has 4 bridgehead atoms. The van der Waals surface area contributed by atoms with Crippen LogP contribution in [0.4, 0.5) is 0 Å². The fourth-order valence-electron chi connectivity index (χ4n) is 8.23. The van der Waals surface area contributed by atoms with E-state index in [1.165, 1.54) is 44.1 Å². The van der Waals surface area contributed by atoms with Crippen molar-refractivity contribution < 1.29 is 19.4 Å². The van der Waals surface area contributed by atoms with Gasteiger partial charge in [0.05, 0.1) is 12.2 Å². The highest BCUT2D eigenvalue weighted by Gasteiger charge is 2.51. The van der Waals surface area contributed by atoms with E-state index in [1.54, 1.807) is 19.2 Å². The van der Waals surface area contributed by atoms with Gasteiger partial charge in [-0.15, -0.1) is 0 Å². The first kappa shape index (κ1) is 25.4. The van der Waals surface area contributed by atoms with Gasteiger partial charge in [0.2, 0.25) is 0 Å². The Bertz CT molecular complexity index is 1270. The molecule has 0 aliphatic heterocycles. The monoisotopic (exact) mass is 512 g/mol. The molecule has 0 amide bonds. The van der Waals surface area contributed by atoms with Crippen molar-refractivity contribution >= 4 is 16.7 Å². The van der Waals surface area contributed by atoms with Crippen molar-refractivity contribution in [2.75, 3.05) is 20.3 Å². The van der Waals surface area contributed by atoms with Crippen molar-refractivity contribution in [2.24, 2.45) is 17.8 Å². The van der Waals surface area contributed by atoms with Crippen LogP contribution in [-0.4, -0.2) is 31.4 Å². The number of methoxy groups -OCH3 is 1. The zero-order valence-electron chi connectivity index (χ0n) is 22.6. The third-order valence-electron chi connectivity index (χ3n) is 9.56. The lowest BCUT2D eigenvalue weighted by Gasteiger charge is -2.57. The van der Waals surface area contributed by atoms with E-state index in [0.29, 0.717) is 17.6 Å². The number of carboxylic acids is 1. The highest BCUT2D eigenvalue weighted by atomic mass is 16.5. The Morgan fingerprint density at radius 3 is 2.18 bits per heavy atom. The van der Waals surface area contributed by atoms with Gasteiger partial charge in [0.1, 0.15) is 5.75 Å². The van der Waals surface area contributed by atoms with Crippen molar-refractivity contribution in [1.29, 1.82) is 0 Å². The minimum absolute atomic E-state index is 0.302. The molecule has 4 fully saturated rings. The summed E-state index contributed by atoms with van der Waals surface area (Å²) in [5.74, 6) is 2.59. The maximum Gasteiger partial charge on any atom is 0.336 e. The van der Waals surface area contributed by atoms with Gasteiger partial charge in [0.25, 0.3) is 0 Å². The number of carbonyl (C=O) groups is 1. The molecule has 3 aromatic rings. The Morgan fingerprint density at radius 1 is 0.842 bits per heavy atom. The molecule has 4 aliphatic rings. The van der Waals surface area contributed by atoms with Crippen LogP contribution in [0.5, 0.6) is 5.75 Å². The van der Waals surface area contributed by atoms with E-state index >= 15 is 0 Å². The number of hydrogen-bond donors (Lipinski definition) is 1. The molecule has 200 valence electrons. The van der Waals surface area contributed by atoms with E-state index in [0.717, 1.165) is 77.7 Å². The number of ether oxygens (including phenoxy) is 2. The molecule has 7 rings (SSSR count). The molecule has 4 heteroatoms. The van der Waals surface area contributed by atoms with E-state index in [-0.39, 0.29) is 0 Å². The third-order valence-corrected chi connectivity index (χ3v) is 9.56. The van der Waals surface area contributed by atoms with Gasteiger partial charge in [-0.3, -0.25) is 0 Å². The van der Waals surface area contributed by atoms with Gasteiger partial charge >= 0.3 is 5.97 Å². The minimum Gasteiger partial charge on any atom is -0.492 e. The van der Waals surface area contributed by atoms with Crippen LogP contribution in [-0.2, 0) is 10.2 Å². The Hall–Kier alpha value is -2.85. The number of rotatable bonds is 11. The molecule has 0 radical (unpaired) electrons. The highest BCUT2D eigenvalue weighted by Crippen LogP contribution is 2.61. The molecule has 4 aliphatic carbocycles. The average Bonchev–Trinajstić information content (AvgIpc) is 2.91. The van der Waals surface area contributed by atoms with Gasteiger partial charge in [-0.05, 0) is 116 Å². The van der Waals surface area contributed by atoms with Crippen LogP contribution in [0.2, 0.25) is 0 Å². The molecule has 38 heavy (non-hydrogen) atoms. The van der Waals surface area contributed by atoms with Crippen LogP contribution in [0, 0.1) is 17.8 Å². The SMILES string of the molecule is COCCCCCCOc1c(-c2ccccc2C(=O)O)ccc2ccc(C34CC5CC(CC(C5)C3)C4)cc12. The average molecular weight is 513 g/mol. The fourth-order valence-corrected chi connectivity index (χ4v) is 8.23. The molecular weight excluding hydrogens is 472 g/mol. The molecule has 4 nitrogen and oxygen atoms in total. The van der Waals surface area contributed by atoms with Crippen LogP contribution in [0.3, 0.4) is 0 Å². The topological polar surface area (TPSA) is 55.8 Å². The molecule has 4 saturated carbocycles. The molecule has 1 N–H and O–H groups in total. The van der Waals surface area contributed by atoms with Gasteiger partial charge in [-0.25, -0.2) is 4.79 Å². The lowest BCUT2D eigenvalue weighted by atomic mass is 9.48. The number of hydrogen-bond acceptors (Lipinski definition) is 3. The predicted molar refractivity (Wildman–Crippen MR) is 152 cm³/mol. The first-order valence-corrected chi connectivity index (χ1v) is 14.6. The fraction of sp³-hybridized carbons (Fsp3) is 0.500. The second-order valence-electron chi connectivity index (χ2n) is 12.2. The summed E-state index contributed by atoms with van der Waals surface area (Å²) in [6.07, 6.45) is 12.5. The van der Waals surface area contributed by atoms with Crippen LogP contribution < -0.4 is 4.74 Å². The molecular formula is C34H40O4. The molecule has 0 atom stereocenters. The van der Waals surface area contributed by atoms with Crippen molar-refractivity contribution in [1.82, 2.24) is 0 Å². The molecule has 0 unspecified atom stereocenters. The van der Waals surface area contributed by atoms with Gasteiger partial charge in [0, 0.05) is 24.7 Å². The Kier molecular flexibility index (Phi) is 7.18. The Morgan fingerprint density at radius 2 is 1.50 bits per heavy atom. The molecule has 0 heterocycles. The highest BCUT2D eigenvalue weighted by molar-refractivity contribution is 6.01.